The molecule has 0 aliphatic carbocycles. The average Bonchev–Trinajstić information content (AvgIpc) is 2.34. The molecule has 0 spiro atoms. The number of hydrogen-bond donors (Lipinski definition) is 2. The van der Waals surface area contributed by atoms with E-state index in [4.69, 9.17) is 5.73 Å². The maximum Gasteiger partial charge on any atom is 0.255 e. The number of anilines is 2. The SMILES string of the molecule is Cc1cc(N)ccc1C(=O)Nc1cccc(Br)c1C. The lowest BCUT2D eigenvalue weighted by atomic mass is 10.1. The third-order valence-electron chi connectivity index (χ3n) is 3.01. The summed E-state index contributed by atoms with van der Waals surface area (Å²) < 4.78 is 0.972. The molecule has 19 heavy (non-hydrogen) atoms. The number of halogens is 1. The van der Waals surface area contributed by atoms with Gasteiger partial charge < -0.3 is 11.1 Å². The fourth-order valence-corrected chi connectivity index (χ4v) is 2.24. The van der Waals surface area contributed by atoms with Crippen molar-refractivity contribution in [2.45, 2.75) is 13.8 Å². The minimum absolute atomic E-state index is 0.126. The molecule has 0 saturated heterocycles. The summed E-state index contributed by atoms with van der Waals surface area (Å²) in [7, 11) is 0. The van der Waals surface area contributed by atoms with Gasteiger partial charge in [-0.25, -0.2) is 0 Å². The van der Waals surface area contributed by atoms with Crippen LogP contribution in [0.4, 0.5) is 11.4 Å². The molecule has 0 radical (unpaired) electrons. The molecule has 0 fully saturated rings. The number of aryl methyl sites for hydroxylation is 1. The van der Waals surface area contributed by atoms with Crippen molar-refractivity contribution in [3.63, 3.8) is 0 Å². The molecule has 0 unspecified atom stereocenters. The van der Waals surface area contributed by atoms with E-state index in [9.17, 15) is 4.79 Å². The van der Waals surface area contributed by atoms with Crippen molar-refractivity contribution < 1.29 is 4.79 Å². The summed E-state index contributed by atoms with van der Waals surface area (Å²) in [6.45, 7) is 3.83. The molecule has 1 amide bonds. The number of hydrogen-bond acceptors (Lipinski definition) is 2. The predicted octanol–water partition coefficient (Wildman–Crippen LogP) is 3.90. The van der Waals surface area contributed by atoms with Crippen LogP contribution >= 0.6 is 15.9 Å². The van der Waals surface area contributed by atoms with E-state index in [1.54, 1.807) is 18.2 Å². The van der Waals surface area contributed by atoms with E-state index in [1.165, 1.54) is 0 Å². The lowest BCUT2D eigenvalue weighted by Gasteiger charge is -2.11. The molecular formula is C15H15BrN2O. The van der Waals surface area contributed by atoms with Crippen molar-refractivity contribution in [1.82, 2.24) is 0 Å². The lowest BCUT2D eigenvalue weighted by molar-refractivity contribution is 0.102. The molecule has 3 N–H and O–H groups in total. The Morgan fingerprint density at radius 1 is 1.21 bits per heavy atom. The molecular weight excluding hydrogens is 304 g/mol. The smallest absolute Gasteiger partial charge is 0.255 e. The van der Waals surface area contributed by atoms with Gasteiger partial charge in [0.05, 0.1) is 0 Å². The standard InChI is InChI=1S/C15H15BrN2O/c1-9-8-11(17)6-7-12(9)15(19)18-14-5-3-4-13(16)10(14)2/h3-8H,17H2,1-2H3,(H,18,19). The quantitative estimate of drug-likeness (QED) is 0.825. The summed E-state index contributed by atoms with van der Waals surface area (Å²) in [5, 5.41) is 2.92. The van der Waals surface area contributed by atoms with Crippen LogP contribution < -0.4 is 11.1 Å². The van der Waals surface area contributed by atoms with Crippen molar-refractivity contribution in [3.8, 4) is 0 Å². The second-order valence-electron chi connectivity index (χ2n) is 4.44. The third kappa shape index (κ3) is 2.96. The Labute approximate surface area is 121 Å². The number of benzene rings is 2. The van der Waals surface area contributed by atoms with Crippen LogP contribution in [0.3, 0.4) is 0 Å². The molecule has 0 aliphatic rings. The largest absolute Gasteiger partial charge is 0.399 e. The van der Waals surface area contributed by atoms with Gasteiger partial charge in [0.15, 0.2) is 0 Å². The van der Waals surface area contributed by atoms with E-state index in [0.717, 1.165) is 21.3 Å². The minimum atomic E-state index is -0.126. The zero-order valence-electron chi connectivity index (χ0n) is 10.8. The summed E-state index contributed by atoms with van der Waals surface area (Å²) >= 11 is 3.45. The number of nitrogen functional groups attached to an aromatic ring is 1. The first-order valence-corrected chi connectivity index (χ1v) is 6.71. The molecule has 0 saturated carbocycles. The van der Waals surface area contributed by atoms with Gasteiger partial charge in [-0.15, -0.1) is 0 Å². The molecule has 3 nitrogen and oxygen atoms in total. The van der Waals surface area contributed by atoms with Gasteiger partial charge in [0.1, 0.15) is 0 Å². The highest BCUT2D eigenvalue weighted by atomic mass is 79.9. The molecule has 0 aliphatic heterocycles. The Morgan fingerprint density at radius 2 is 1.95 bits per heavy atom. The number of rotatable bonds is 2. The van der Waals surface area contributed by atoms with Crippen LogP contribution in [0.25, 0.3) is 0 Å². The number of carbonyl (C=O) groups excluding carboxylic acids is 1. The summed E-state index contributed by atoms with van der Waals surface area (Å²) in [6.07, 6.45) is 0. The highest BCUT2D eigenvalue weighted by Gasteiger charge is 2.11. The van der Waals surface area contributed by atoms with E-state index in [0.29, 0.717) is 11.3 Å². The van der Waals surface area contributed by atoms with Crippen LogP contribution in [0.2, 0.25) is 0 Å². The molecule has 0 heterocycles. The molecule has 4 heteroatoms. The number of nitrogens with one attached hydrogen (secondary N) is 1. The van der Waals surface area contributed by atoms with Crippen LogP contribution in [0.1, 0.15) is 21.5 Å². The van der Waals surface area contributed by atoms with E-state index in [2.05, 4.69) is 21.2 Å². The third-order valence-corrected chi connectivity index (χ3v) is 3.87. The van der Waals surface area contributed by atoms with Crippen LogP contribution in [0.15, 0.2) is 40.9 Å². The monoisotopic (exact) mass is 318 g/mol. The van der Waals surface area contributed by atoms with Crippen molar-refractivity contribution in [2.75, 3.05) is 11.1 Å². The van der Waals surface area contributed by atoms with Crippen LogP contribution in [0, 0.1) is 13.8 Å². The zero-order valence-corrected chi connectivity index (χ0v) is 12.4. The van der Waals surface area contributed by atoms with Crippen LogP contribution in [-0.2, 0) is 0 Å². The average molecular weight is 319 g/mol. The maximum absolute atomic E-state index is 12.2. The molecule has 0 bridgehead atoms. The van der Waals surface area contributed by atoms with Gasteiger partial charge in [-0.1, -0.05) is 22.0 Å². The topological polar surface area (TPSA) is 55.1 Å². The van der Waals surface area contributed by atoms with Gasteiger partial charge >= 0.3 is 0 Å². The Morgan fingerprint density at radius 3 is 2.63 bits per heavy atom. The molecule has 2 rings (SSSR count). The molecule has 98 valence electrons. The first kappa shape index (κ1) is 13.6. The van der Waals surface area contributed by atoms with Gasteiger partial charge in [-0.05, 0) is 55.3 Å². The second kappa shape index (κ2) is 5.45. The number of nitrogens with two attached hydrogens (primary N) is 1. The normalized spacial score (nSPS) is 10.3. The van der Waals surface area contributed by atoms with Gasteiger partial charge in [0.2, 0.25) is 0 Å². The Balaban J connectivity index is 2.28. The first-order valence-electron chi connectivity index (χ1n) is 5.91. The second-order valence-corrected chi connectivity index (χ2v) is 5.30. The summed E-state index contributed by atoms with van der Waals surface area (Å²) in [5.41, 5.74) is 9.65. The van der Waals surface area contributed by atoms with Crippen molar-refractivity contribution in [3.05, 3.63) is 57.6 Å². The molecule has 2 aromatic rings. The minimum Gasteiger partial charge on any atom is -0.399 e. The van der Waals surface area contributed by atoms with E-state index in [-0.39, 0.29) is 5.91 Å². The summed E-state index contributed by atoms with van der Waals surface area (Å²) in [6, 6.07) is 11.0. The number of amides is 1. The molecule has 0 atom stereocenters. The summed E-state index contributed by atoms with van der Waals surface area (Å²) in [5.74, 6) is -0.126. The molecule has 0 aromatic heterocycles. The van der Waals surface area contributed by atoms with Crippen molar-refractivity contribution in [1.29, 1.82) is 0 Å². The van der Waals surface area contributed by atoms with E-state index < -0.39 is 0 Å². The highest BCUT2D eigenvalue weighted by molar-refractivity contribution is 9.10. The predicted molar refractivity (Wildman–Crippen MR) is 82.4 cm³/mol. The van der Waals surface area contributed by atoms with Gasteiger partial charge in [-0.2, -0.15) is 0 Å². The Hall–Kier alpha value is -1.81. The van der Waals surface area contributed by atoms with E-state index in [1.807, 2.05) is 32.0 Å². The Kier molecular flexibility index (Phi) is 3.90. The fraction of sp³-hybridized carbons (Fsp3) is 0.133. The van der Waals surface area contributed by atoms with Crippen molar-refractivity contribution >= 4 is 33.2 Å². The highest BCUT2D eigenvalue weighted by Crippen LogP contribution is 2.24. The van der Waals surface area contributed by atoms with E-state index >= 15 is 0 Å². The van der Waals surface area contributed by atoms with Crippen molar-refractivity contribution in [2.24, 2.45) is 0 Å². The van der Waals surface area contributed by atoms with Gasteiger partial charge in [0.25, 0.3) is 5.91 Å². The van der Waals surface area contributed by atoms with Crippen LogP contribution in [0.5, 0.6) is 0 Å². The van der Waals surface area contributed by atoms with Gasteiger partial charge in [-0.3, -0.25) is 4.79 Å². The zero-order chi connectivity index (χ0) is 14.0. The lowest BCUT2D eigenvalue weighted by Crippen LogP contribution is -2.14. The summed E-state index contributed by atoms with van der Waals surface area (Å²) in [4.78, 5) is 12.2. The number of carbonyl (C=O) groups is 1. The fourth-order valence-electron chi connectivity index (χ4n) is 1.87. The first-order chi connectivity index (χ1) is 8.99. The Bertz CT molecular complexity index is 638. The van der Waals surface area contributed by atoms with Gasteiger partial charge in [0, 0.05) is 21.4 Å². The maximum atomic E-state index is 12.2. The molecule has 2 aromatic carbocycles. The van der Waals surface area contributed by atoms with Crippen LogP contribution in [-0.4, -0.2) is 5.91 Å².